The van der Waals surface area contributed by atoms with Crippen molar-refractivity contribution in [3.8, 4) is 0 Å². The number of anilines is 1. The van der Waals surface area contributed by atoms with Crippen molar-refractivity contribution in [2.24, 2.45) is 17.8 Å². The molecule has 0 bridgehead atoms. The maximum Gasteiger partial charge on any atom is 0.307 e. The van der Waals surface area contributed by atoms with Crippen molar-refractivity contribution in [3.63, 3.8) is 0 Å². The minimum absolute atomic E-state index is 0.0132. The van der Waals surface area contributed by atoms with Crippen molar-refractivity contribution >= 4 is 23.3 Å². The maximum absolute atomic E-state index is 13.1. The minimum atomic E-state index is -1.14. The number of ketones is 1. The van der Waals surface area contributed by atoms with Crippen LogP contribution in [0.1, 0.15) is 19.8 Å². The van der Waals surface area contributed by atoms with Gasteiger partial charge in [-0.1, -0.05) is 6.92 Å². The van der Waals surface area contributed by atoms with E-state index >= 15 is 0 Å². The standard InChI is InChI=1S/C17H18F2N2O6/c1-9-4-15(22)11(12(9)7-21(25)26)6-17(24)27-8-16(23)20-10-2-3-13(18)14(19)5-10/h2-3,5,9,11-12H,4,6-8H2,1H3,(H,20,23)/t9-,11-,12-/m1/s1. The van der Waals surface area contributed by atoms with Gasteiger partial charge >= 0.3 is 5.97 Å². The zero-order valence-corrected chi connectivity index (χ0v) is 14.4. The molecule has 1 N–H and O–H groups in total. The molecule has 1 aromatic rings. The third kappa shape index (κ3) is 5.53. The molecule has 2 rings (SSSR count). The van der Waals surface area contributed by atoms with Gasteiger partial charge in [0.25, 0.3) is 5.91 Å². The van der Waals surface area contributed by atoms with E-state index in [9.17, 15) is 33.3 Å². The molecule has 27 heavy (non-hydrogen) atoms. The lowest BCUT2D eigenvalue weighted by Crippen LogP contribution is -2.28. The minimum Gasteiger partial charge on any atom is -0.456 e. The van der Waals surface area contributed by atoms with Gasteiger partial charge in [0, 0.05) is 34.9 Å². The van der Waals surface area contributed by atoms with Crippen molar-refractivity contribution < 1.29 is 32.8 Å². The lowest BCUT2D eigenvalue weighted by molar-refractivity contribution is -0.490. The molecule has 1 aliphatic carbocycles. The number of carbonyl (C=O) groups excluding carboxylic acids is 3. The fraction of sp³-hybridized carbons (Fsp3) is 0.471. The number of rotatable bonds is 7. The Hall–Kier alpha value is -2.91. The van der Waals surface area contributed by atoms with Gasteiger partial charge in [-0.05, 0) is 18.1 Å². The number of hydrogen-bond acceptors (Lipinski definition) is 6. The van der Waals surface area contributed by atoms with E-state index in [1.807, 2.05) is 0 Å². The number of esters is 1. The van der Waals surface area contributed by atoms with E-state index in [-0.39, 0.29) is 30.2 Å². The molecule has 1 aromatic carbocycles. The summed E-state index contributed by atoms with van der Waals surface area (Å²) >= 11 is 0. The van der Waals surface area contributed by atoms with Gasteiger partial charge in [0.1, 0.15) is 5.78 Å². The Balaban J connectivity index is 1.85. The van der Waals surface area contributed by atoms with Crippen LogP contribution in [0.2, 0.25) is 0 Å². The summed E-state index contributed by atoms with van der Waals surface area (Å²) < 4.78 is 30.7. The van der Waals surface area contributed by atoms with E-state index in [4.69, 9.17) is 4.74 Å². The van der Waals surface area contributed by atoms with Crippen molar-refractivity contribution in [3.05, 3.63) is 39.9 Å². The second-order valence-corrected chi connectivity index (χ2v) is 6.48. The Morgan fingerprint density at radius 3 is 2.67 bits per heavy atom. The van der Waals surface area contributed by atoms with Gasteiger partial charge in [0.05, 0.1) is 6.42 Å². The van der Waals surface area contributed by atoms with E-state index in [1.54, 1.807) is 6.92 Å². The molecule has 0 saturated heterocycles. The van der Waals surface area contributed by atoms with Crippen molar-refractivity contribution in [2.45, 2.75) is 19.8 Å². The largest absolute Gasteiger partial charge is 0.456 e. The monoisotopic (exact) mass is 384 g/mol. The molecule has 0 aromatic heterocycles. The maximum atomic E-state index is 13.1. The molecule has 0 radical (unpaired) electrons. The molecular weight excluding hydrogens is 366 g/mol. The summed E-state index contributed by atoms with van der Waals surface area (Å²) in [6.45, 7) is 0.613. The average molecular weight is 384 g/mol. The van der Waals surface area contributed by atoms with Crippen LogP contribution < -0.4 is 5.32 Å². The van der Waals surface area contributed by atoms with E-state index in [0.717, 1.165) is 18.2 Å². The van der Waals surface area contributed by atoms with Crippen LogP contribution in [0, 0.1) is 39.5 Å². The van der Waals surface area contributed by atoms with Crippen LogP contribution in [0.15, 0.2) is 18.2 Å². The Labute approximate surface area is 153 Å². The lowest BCUT2D eigenvalue weighted by Gasteiger charge is -2.17. The van der Waals surface area contributed by atoms with Gasteiger partial charge in [0.15, 0.2) is 18.2 Å². The zero-order chi connectivity index (χ0) is 20.1. The summed E-state index contributed by atoms with van der Waals surface area (Å²) in [5.74, 6) is -5.65. The first-order valence-electron chi connectivity index (χ1n) is 8.22. The molecule has 0 heterocycles. The highest BCUT2D eigenvalue weighted by molar-refractivity contribution is 5.93. The van der Waals surface area contributed by atoms with Crippen LogP contribution in [0.25, 0.3) is 0 Å². The third-order valence-corrected chi connectivity index (χ3v) is 4.50. The van der Waals surface area contributed by atoms with Crippen LogP contribution in [0.5, 0.6) is 0 Å². The number of amides is 1. The topological polar surface area (TPSA) is 116 Å². The fourth-order valence-electron chi connectivity index (χ4n) is 3.16. The second kappa shape index (κ2) is 8.65. The highest BCUT2D eigenvalue weighted by atomic mass is 19.2. The molecule has 3 atom stereocenters. The van der Waals surface area contributed by atoms with Crippen molar-refractivity contribution in [1.82, 2.24) is 0 Å². The molecule has 146 valence electrons. The Kier molecular flexibility index (Phi) is 6.54. The predicted octanol–water partition coefficient (Wildman–Crippen LogP) is 1.95. The van der Waals surface area contributed by atoms with Crippen LogP contribution in [-0.4, -0.2) is 35.7 Å². The van der Waals surface area contributed by atoms with Gasteiger partial charge < -0.3 is 10.1 Å². The predicted molar refractivity (Wildman–Crippen MR) is 88.2 cm³/mol. The van der Waals surface area contributed by atoms with Crippen LogP contribution in [-0.2, 0) is 19.1 Å². The third-order valence-electron chi connectivity index (χ3n) is 4.50. The number of nitro groups is 1. The molecule has 1 amide bonds. The zero-order valence-electron chi connectivity index (χ0n) is 14.4. The van der Waals surface area contributed by atoms with Gasteiger partial charge in [0.2, 0.25) is 6.54 Å². The first-order chi connectivity index (χ1) is 12.7. The highest BCUT2D eigenvalue weighted by Gasteiger charge is 2.44. The van der Waals surface area contributed by atoms with Crippen LogP contribution >= 0.6 is 0 Å². The van der Waals surface area contributed by atoms with E-state index < -0.39 is 53.4 Å². The van der Waals surface area contributed by atoms with Crippen molar-refractivity contribution in [1.29, 1.82) is 0 Å². The summed E-state index contributed by atoms with van der Waals surface area (Å²) in [4.78, 5) is 45.8. The first-order valence-corrected chi connectivity index (χ1v) is 8.22. The average Bonchev–Trinajstić information content (AvgIpc) is 2.83. The summed E-state index contributed by atoms with van der Waals surface area (Å²) in [7, 11) is 0. The molecular formula is C17H18F2N2O6. The first kappa shape index (κ1) is 20.4. The van der Waals surface area contributed by atoms with E-state index in [0.29, 0.717) is 0 Å². The summed E-state index contributed by atoms with van der Waals surface area (Å²) in [5.41, 5.74) is -0.0132. The van der Waals surface area contributed by atoms with Crippen LogP contribution in [0.4, 0.5) is 14.5 Å². The number of nitrogens with one attached hydrogen (secondary N) is 1. The summed E-state index contributed by atoms with van der Waals surface area (Å²) in [5, 5.41) is 13.0. The second-order valence-electron chi connectivity index (χ2n) is 6.48. The summed E-state index contributed by atoms with van der Waals surface area (Å²) in [6, 6.07) is 2.74. The van der Waals surface area contributed by atoms with Crippen molar-refractivity contribution in [2.75, 3.05) is 18.5 Å². The normalized spacial score (nSPS) is 21.7. The molecule has 0 spiro atoms. The quantitative estimate of drug-likeness (QED) is 0.436. The molecule has 1 aliphatic rings. The van der Waals surface area contributed by atoms with Gasteiger partial charge in [-0.3, -0.25) is 24.5 Å². The number of Topliss-reactive ketones (excluding diaryl/α,β-unsaturated/α-hetero) is 1. The van der Waals surface area contributed by atoms with Crippen LogP contribution in [0.3, 0.4) is 0 Å². The van der Waals surface area contributed by atoms with E-state index in [2.05, 4.69) is 5.32 Å². The molecule has 1 fully saturated rings. The van der Waals surface area contributed by atoms with Gasteiger partial charge in [-0.15, -0.1) is 0 Å². The lowest BCUT2D eigenvalue weighted by atomic mass is 9.88. The fourth-order valence-corrected chi connectivity index (χ4v) is 3.16. The van der Waals surface area contributed by atoms with E-state index in [1.165, 1.54) is 0 Å². The number of halogens is 2. The van der Waals surface area contributed by atoms with Gasteiger partial charge in [-0.2, -0.15) is 0 Å². The molecule has 1 saturated carbocycles. The Bertz CT molecular complexity index is 770. The highest BCUT2D eigenvalue weighted by Crippen LogP contribution is 2.36. The summed E-state index contributed by atoms with van der Waals surface area (Å²) in [6.07, 6.45) is -0.187. The Morgan fingerprint density at radius 1 is 1.33 bits per heavy atom. The molecule has 0 unspecified atom stereocenters. The number of benzene rings is 1. The number of nitrogens with zero attached hydrogens (tertiary/aromatic N) is 1. The Morgan fingerprint density at radius 2 is 2.04 bits per heavy atom. The SMILES string of the molecule is C[C@@H]1CC(=O)[C@H](CC(=O)OCC(=O)Nc2ccc(F)c(F)c2)[C@@H]1C[N+](=O)[O-]. The molecule has 0 aliphatic heterocycles. The smallest absolute Gasteiger partial charge is 0.307 e. The number of carbonyl (C=O) groups is 3. The molecule has 10 heteroatoms. The van der Waals surface area contributed by atoms with Gasteiger partial charge in [-0.25, -0.2) is 8.78 Å². The number of ether oxygens (including phenoxy) is 1. The number of hydrogen-bond donors (Lipinski definition) is 1. The molecule has 8 nitrogen and oxygen atoms in total.